The van der Waals surface area contributed by atoms with Gasteiger partial charge in [-0.1, -0.05) is 32.0 Å². The van der Waals surface area contributed by atoms with Crippen molar-refractivity contribution in [2.24, 2.45) is 11.1 Å². The maximum Gasteiger partial charge on any atom is 0.412 e. The number of amides is 1. The average Bonchev–Trinajstić information content (AvgIpc) is 2.91. The Morgan fingerprint density at radius 1 is 1.33 bits per heavy atom. The molecule has 0 heterocycles. The minimum Gasteiger partial charge on any atom is -0.444 e. The van der Waals surface area contributed by atoms with Gasteiger partial charge in [-0.3, -0.25) is 5.32 Å². The summed E-state index contributed by atoms with van der Waals surface area (Å²) in [6.45, 7) is 10.6. The van der Waals surface area contributed by atoms with Crippen LogP contribution >= 0.6 is 0 Å². The summed E-state index contributed by atoms with van der Waals surface area (Å²) in [5.41, 5.74) is 7.52. The van der Waals surface area contributed by atoms with E-state index in [1.807, 2.05) is 45.0 Å². The van der Waals surface area contributed by atoms with E-state index in [1.165, 1.54) is 0 Å². The van der Waals surface area contributed by atoms with Gasteiger partial charge in [0.05, 0.1) is 0 Å². The Balaban J connectivity index is 2.25. The van der Waals surface area contributed by atoms with E-state index < -0.39 is 11.7 Å². The van der Waals surface area contributed by atoms with Gasteiger partial charge in [0.15, 0.2) is 0 Å². The number of nitrogens with one attached hydrogen (secondary N) is 1. The molecule has 2 rings (SSSR count). The molecule has 0 radical (unpaired) electrons. The fraction of sp³-hybridized carbons (Fsp3) is 0.588. The van der Waals surface area contributed by atoms with E-state index in [0.29, 0.717) is 6.54 Å². The fourth-order valence-corrected chi connectivity index (χ4v) is 3.05. The normalized spacial score (nSPS) is 23.5. The lowest BCUT2D eigenvalue weighted by Gasteiger charge is -2.24. The molecule has 1 saturated carbocycles. The van der Waals surface area contributed by atoms with Crippen molar-refractivity contribution in [2.45, 2.75) is 52.1 Å². The van der Waals surface area contributed by atoms with Crippen LogP contribution in [0, 0.1) is 5.41 Å². The Hall–Kier alpha value is -1.55. The monoisotopic (exact) mass is 290 g/mol. The predicted molar refractivity (Wildman–Crippen MR) is 85.4 cm³/mol. The summed E-state index contributed by atoms with van der Waals surface area (Å²) in [4.78, 5) is 12.0. The van der Waals surface area contributed by atoms with Crippen LogP contribution in [0.1, 0.15) is 46.6 Å². The molecule has 1 amide bonds. The first-order valence-electron chi connectivity index (χ1n) is 7.41. The van der Waals surface area contributed by atoms with E-state index in [4.69, 9.17) is 10.5 Å². The number of carbonyl (C=O) groups excluding carboxylic acids is 1. The third-order valence-corrected chi connectivity index (χ3v) is 4.34. The summed E-state index contributed by atoms with van der Waals surface area (Å²) in [6, 6.07) is 7.86. The van der Waals surface area contributed by atoms with Gasteiger partial charge in [0.2, 0.25) is 0 Å². The molecule has 0 aromatic heterocycles. The minimum atomic E-state index is -0.510. The third kappa shape index (κ3) is 3.05. The number of ether oxygens (including phenoxy) is 1. The Morgan fingerprint density at radius 3 is 2.38 bits per heavy atom. The van der Waals surface area contributed by atoms with Crippen LogP contribution in [-0.2, 0) is 10.2 Å². The zero-order valence-electron chi connectivity index (χ0n) is 13.6. The summed E-state index contributed by atoms with van der Waals surface area (Å²) < 4.78 is 5.33. The van der Waals surface area contributed by atoms with Crippen LogP contribution < -0.4 is 11.1 Å². The maximum absolute atomic E-state index is 12.0. The third-order valence-electron chi connectivity index (χ3n) is 4.34. The van der Waals surface area contributed by atoms with Gasteiger partial charge in [-0.25, -0.2) is 4.79 Å². The Morgan fingerprint density at radius 2 is 1.90 bits per heavy atom. The van der Waals surface area contributed by atoms with E-state index in [9.17, 15) is 4.79 Å². The molecule has 0 bridgehead atoms. The van der Waals surface area contributed by atoms with Crippen LogP contribution in [0.2, 0.25) is 0 Å². The van der Waals surface area contributed by atoms with Crippen molar-refractivity contribution in [2.75, 3.05) is 11.9 Å². The lowest BCUT2D eigenvalue weighted by atomic mass is 9.87. The van der Waals surface area contributed by atoms with Gasteiger partial charge >= 0.3 is 6.09 Å². The lowest BCUT2D eigenvalue weighted by molar-refractivity contribution is 0.0635. The molecule has 1 aromatic carbocycles. The van der Waals surface area contributed by atoms with Gasteiger partial charge in [0.1, 0.15) is 5.60 Å². The zero-order valence-corrected chi connectivity index (χ0v) is 13.6. The number of nitrogens with two attached hydrogens (primary N) is 1. The second-order valence-corrected chi connectivity index (χ2v) is 7.52. The molecule has 116 valence electrons. The van der Waals surface area contributed by atoms with Crippen LogP contribution in [0.5, 0.6) is 0 Å². The molecule has 0 spiro atoms. The Kier molecular flexibility index (Phi) is 3.79. The molecular weight excluding hydrogens is 264 g/mol. The summed E-state index contributed by atoms with van der Waals surface area (Å²) >= 11 is 0. The Labute approximate surface area is 127 Å². The topological polar surface area (TPSA) is 64.3 Å². The van der Waals surface area contributed by atoms with Crippen molar-refractivity contribution in [3.8, 4) is 0 Å². The van der Waals surface area contributed by atoms with E-state index >= 15 is 0 Å². The quantitative estimate of drug-likeness (QED) is 0.893. The summed E-state index contributed by atoms with van der Waals surface area (Å²) in [5, 5.41) is 2.87. The first-order chi connectivity index (χ1) is 9.61. The first kappa shape index (κ1) is 15.8. The highest BCUT2D eigenvalue weighted by Crippen LogP contribution is 2.64. The largest absolute Gasteiger partial charge is 0.444 e. The number of benzene rings is 1. The molecule has 4 nitrogen and oxygen atoms in total. The molecule has 3 N–H and O–H groups in total. The van der Waals surface area contributed by atoms with Gasteiger partial charge < -0.3 is 10.5 Å². The van der Waals surface area contributed by atoms with Crippen molar-refractivity contribution in [3.63, 3.8) is 0 Å². The highest BCUT2D eigenvalue weighted by molar-refractivity contribution is 5.86. The van der Waals surface area contributed by atoms with Crippen LogP contribution in [0.15, 0.2) is 24.3 Å². The van der Waals surface area contributed by atoms with E-state index in [-0.39, 0.29) is 10.8 Å². The number of anilines is 1. The lowest BCUT2D eigenvalue weighted by Crippen LogP contribution is -2.30. The number of hydrogen-bond donors (Lipinski definition) is 2. The molecule has 1 aliphatic rings. The average molecular weight is 290 g/mol. The van der Waals surface area contributed by atoms with Gasteiger partial charge in [-0.15, -0.1) is 0 Å². The van der Waals surface area contributed by atoms with Crippen molar-refractivity contribution in [1.82, 2.24) is 0 Å². The summed E-state index contributed by atoms with van der Waals surface area (Å²) in [7, 11) is 0. The molecule has 4 heteroatoms. The molecular formula is C17H26N2O2. The van der Waals surface area contributed by atoms with Crippen molar-refractivity contribution in [1.29, 1.82) is 0 Å². The molecule has 1 aliphatic carbocycles. The number of hydrogen-bond acceptors (Lipinski definition) is 3. The molecule has 1 aromatic rings. The smallest absolute Gasteiger partial charge is 0.412 e. The van der Waals surface area contributed by atoms with Crippen molar-refractivity contribution in [3.05, 3.63) is 29.8 Å². The van der Waals surface area contributed by atoms with E-state index in [0.717, 1.165) is 17.7 Å². The molecule has 1 unspecified atom stereocenters. The SMILES string of the molecule is CC(C)(C)OC(=O)Nc1ccccc1C1(CN)CC1(C)C. The highest BCUT2D eigenvalue weighted by Gasteiger charge is 2.61. The van der Waals surface area contributed by atoms with Gasteiger partial charge in [-0.05, 0) is 44.2 Å². The first-order valence-corrected chi connectivity index (χ1v) is 7.41. The van der Waals surface area contributed by atoms with Crippen LogP contribution in [-0.4, -0.2) is 18.2 Å². The predicted octanol–water partition coefficient (Wildman–Crippen LogP) is 3.66. The van der Waals surface area contributed by atoms with E-state index in [1.54, 1.807) is 0 Å². The minimum absolute atomic E-state index is 0.0569. The molecule has 1 fully saturated rings. The molecule has 21 heavy (non-hydrogen) atoms. The molecule has 0 saturated heterocycles. The number of rotatable bonds is 3. The number of para-hydroxylation sites is 1. The van der Waals surface area contributed by atoms with Gasteiger partial charge in [0, 0.05) is 17.6 Å². The Bertz CT molecular complexity index is 546. The van der Waals surface area contributed by atoms with Crippen LogP contribution in [0.3, 0.4) is 0 Å². The fourth-order valence-electron chi connectivity index (χ4n) is 3.05. The second kappa shape index (κ2) is 5.02. The van der Waals surface area contributed by atoms with E-state index in [2.05, 4.69) is 19.2 Å². The summed E-state index contributed by atoms with van der Waals surface area (Å²) in [5.74, 6) is 0. The highest BCUT2D eigenvalue weighted by atomic mass is 16.6. The van der Waals surface area contributed by atoms with Crippen LogP contribution in [0.4, 0.5) is 10.5 Å². The van der Waals surface area contributed by atoms with Crippen molar-refractivity contribution >= 4 is 11.8 Å². The molecule has 0 aliphatic heterocycles. The van der Waals surface area contributed by atoms with Crippen LogP contribution in [0.25, 0.3) is 0 Å². The number of carbonyl (C=O) groups is 1. The second-order valence-electron chi connectivity index (χ2n) is 7.52. The van der Waals surface area contributed by atoms with Crippen molar-refractivity contribution < 1.29 is 9.53 Å². The zero-order chi connectivity index (χ0) is 15.9. The standard InChI is InChI=1S/C17H26N2O2/c1-15(2,3)21-14(20)19-13-9-7-6-8-12(13)17(11-18)10-16(17,4)5/h6-9H,10-11,18H2,1-5H3,(H,19,20). The molecule has 1 atom stereocenters. The van der Waals surface area contributed by atoms with Gasteiger partial charge in [-0.2, -0.15) is 0 Å². The maximum atomic E-state index is 12.0. The summed E-state index contributed by atoms with van der Waals surface area (Å²) in [6.07, 6.45) is 0.601. The van der Waals surface area contributed by atoms with Gasteiger partial charge in [0.25, 0.3) is 0 Å².